The largest absolute Gasteiger partial charge is 0.486 e. The summed E-state index contributed by atoms with van der Waals surface area (Å²) in [6.07, 6.45) is 7.09. The highest BCUT2D eigenvalue weighted by atomic mass is 19.1. The average molecular weight is 448 g/mol. The van der Waals surface area contributed by atoms with Crippen LogP contribution in [-0.2, 0) is 5.41 Å². The van der Waals surface area contributed by atoms with E-state index >= 15 is 0 Å². The molecule has 0 N–H and O–H groups in total. The second-order valence-electron chi connectivity index (χ2n) is 9.19. The lowest BCUT2D eigenvalue weighted by atomic mass is 9.71. The van der Waals surface area contributed by atoms with Crippen LogP contribution >= 0.6 is 0 Å². The lowest BCUT2D eigenvalue weighted by Crippen LogP contribution is -2.48. The van der Waals surface area contributed by atoms with Crippen LogP contribution in [0, 0.1) is 5.82 Å². The van der Waals surface area contributed by atoms with Gasteiger partial charge in [0.1, 0.15) is 37.4 Å². The monoisotopic (exact) mass is 448 g/mol. The number of ether oxygens (including phenoxy) is 2. The van der Waals surface area contributed by atoms with Gasteiger partial charge in [-0.15, -0.1) is 0 Å². The van der Waals surface area contributed by atoms with E-state index < -0.39 is 5.82 Å². The van der Waals surface area contributed by atoms with Crippen molar-refractivity contribution in [3.8, 4) is 17.2 Å². The van der Waals surface area contributed by atoms with Gasteiger partial charge >= 0.3 is 0 Å². The van der Waals surface area contributed by atoms with Crippen LogP contribution in [0.2, 0.25) is 0 Å². The molecule has 1 fully saturated rings. The molecule has 8 heteroatoms. The van der Waals surface area contributed by atoms with E-state index in [9.17, 15) is 9.18 Å². The summed E-state index contributed by atoms with van der Waals surface area (Å²) in [5.41, 5.74) is 2.86. The molecule has 1 atom stereocenters. The molecule has 0 bridgehead atoms. The normalized spacial score (nSPS) is 20.7. The summed E-state index contributed by atoms with van der Waals surface area (Å²) in [6.45, 7) is 3.72. The maximum absolute atomic E-state index is 14.9. The molecule has 0 saturated heterocycles. The van der Waals surface area contributed by atoms with Gasteiger partial charge in [0.15, 0.2) is 11.5 Å². The number of benzene rings is 2. The van der Waals surface area contributed by atoms with E-state index in [2.05, 4.69) is 16.1 Å². The zero-order valence-electron chi connectivity index (χ0n) is 18.5. The third-order valence-electron chi connectivity index (χ3n) is 7.36. The zero-order valence-corrected chi connectivity index (χ0v) is 18.5. The smallest absolute Gasteiger partial charge is 0.254 e. The van der Waals surface area contributed by atoms with Gasteiger partial charge in [0.2, 0.25) is 0 Å². The summed E-state index contributed by atoms with van der Waals surface area (Å²) in [6, 6.07) is 8.56. The molecule has 1 amide bonds. The number of halogens is 1. The highest BCUT2D eigenvalue weighted by molar-refractivity contribution is 5.95. The van der Waals surface area contributed by atoms with E-state index in [0.29, 0.717) is 25.3 Å². The second kappa shape index (κ2) is 7.57. The molecule has 0 radical (unpaired) electrons. The molecule has 1 spiro atoms. The number of amides is 1. The molecular formula is C25H25FN4O3. The number of rotatable bonds is 2. The second-order valence-corrected chi connectivity index (χ2v) is 9.19. The Morgan fingerprint density at radius 3 is 2.58 bits per heavy atom. The first-order valence-electron chi connectivity index (χ1n) is 11.5. The van der Waals surface area contributed by atoms with Crippen LogP contribution in [0.15, 0.2) is 43.0 Å². The molecule has 1 saturated carbocycles. The van der Waals surface area contributed by atoms with Gasteiger partial charge in [-0.1, -0.05) is 12.8 Å². The van der Waals surface area contributed by atoms with Crippen molar-refractivity contribution in [3.05, 3.63) is 65.5 Å². The van der Waals surface area contributed by atoms with Crippen molar-refractivity contribution in [2.45, 2.75) is 44.1 Å². The maximum Gasteiger partial charge on any atom is 0.254 e. The van der Waals surface area contributed by atoms with Crippen LogP contribution in [0.4, 0.5) is 4.39 Å². The highest BCUT2D eigenvalue weighted by Crippen LogP contribution is 2.52. The third kappa shape index (κ3) is 3.19. The Labute approximate surface area is 191 Å². The Morgan fingerprint density at radius 2 is 1.88 bits per heavy atom. The zero-order chi connectivity index (χ0) is 22.6. The van der Waals surface area contributed by atoms with Gasteiger partial charge in [0.25, 0.3) is 5.91 Å². The van der Waals surface area contributed by atoms with Crippen LogP contribution < -0.4 is 9.47 Å². The van der Waals surface area contributed by atoms with Crippen molar-refractivity contribution in [1.82, 2.24) is 19.7 Å². The van der Waals surface area contributed by atoms with Crippen LogP contribution in [0.3, 0.4) is 0 Å². The lowest BCUT2D eigenvalue weighted by Gasteiger charge is -2.46. The van der Waals surface area contributed by atoms with Crippen molar-refractivity contribution in [3.63, 3.8) is 0 Å². The molecule has 6 rings (SSSR count). The number of fused-ring (bicyclic) bond motifs is 3. The minimum atomic E-state index is -0.508. The molecule has 1 aliphatic carbocycles. The predicted octanol–water partition coefficient (Wildman–Crippen LogP) is 4.21. The molecule has 3 aromatic rings. The summed E-state index contributed by atoms with van der Waals surface area (Å²) in [4.78, 5) is 19.4. The average Bonchev–Trinajstić information content (AvgIpc) is 3.53. The first kappa shape index (κ1) is 20.2. The maximum atomic E-state index is 14.9. The number of nitrogens with zero attached hydrogens (tertiary/aromatic N) is 4. The minimum absolute atomic E-state index is 0.105. The van der Waals surface area contributed by atoms with Crippen LogP contribution in [0.1, 0.15) is 60.1 Å². The fraction of sp³-hybridized carbons (Fsp3) is 0.400. The molecule has 2 aliphatic heterocycles. The third-order valence-corrected chi connectivity index (χ3v) is 7.36. The van der Waals surface area contributed by atoms with Crippen molar-refractivity contribution in [2.24, 2.45) is 0 Å². The Morgan fingerprint density at radius 1 is 1.12 bits per heavy atom. The van der Waals surface area contributed by atoms with Gasteiger partial charge in [-0.3, -0.25) is 4.79 Å². The summed E-state index contributed by atoms with van der Waals surface area (Å²) in [7, 11) is 0. The summed E-state index contributed by atoms with van der Waals surface area (Å²) < 4.78 is 27.9. The summed E-state index contributed by atoms with van der Waals surface area (Å²) >= 11 is 0. The van der Waals surface area contributed by atoms with E-state index in [-0.39, 0.29) is 23.1 Å². The Balaban J connectivity index is 1.39. The Hall–Kier alpha value is -3.42. The molecule has 170 valence electrons. The van der Waals surface area contributed by atoms with Crippen LogP contribution in [0.5, 0.6) is 11.5 Å². The standard InChI is InChI=1S/C25H25FN4O3/c1-16-18-11-22-23(33-9-8-32-22)12-19(18)25(6-2-3-7-25)13-29(16)24(31)17-4-5-21(20(26)10-17)30-15-27-14-28-30/h4-5,10-12,14-16H,2-3,6-9,13H2,1H3/t16-/m1/s1. The topological polar surface area (TPSA) is 69.5 Å². The molecular weight excluding hydrogens is 423 g/mol. The lowest BCUT2D eigenvalue weighted by molar-refractivity contribution is 0.0592. The Kier molecular flexibility index (Phi) is 4.64. The number of hydrogen-bond acceptors (Lipinski definition) is 5. The quantitative estimate of drug-likeness (QED) is 0.588. The van der Waals surface area contributed by atoms with Crippen molar-refractivity contribution in [1.29, 1.82) is 0 Å². The molecule has 3 heterocycles. The van der Waals surface area contributed by atoms with Crippen LogP contribution in [-0.4, -0.2) is 45.3 Å². The molecule has 33 heavy (non-hydrogen) atoms. The number of carbonyl (C=O) groups is 1. The number of carbonyl (C=O) groups excluding carboxylic acids is 1. The fourth-order valence-corrected chi connectivity index (χ4v) is 5.68. The summed E-state index contributed by atoms with van der Waals surface area (Å²) in [5.74, 6) is 0.853. The van der Waals surface area contributed by atoms with E-state index in [0.717, 1.165) is 42.7 Å². The van der Waals surface area contributed by atoms with Crippen LogP contribution in [0.25, 0.3) is 5.69 Å². The van der Waals surface area contributed by atoms with E-state index in [1.807, 2.05) is 17.9 Å². The van der Waals surface area contributed by atoms with E-state index in [4.69, 9.17) is 9.47 Å². The van der Waals surface area contributed by atoms with Gasteiger partial charge in [0, 0.05) is 17.5 Å². The fourth-order valence-electron chi connectivity index (χ4n) is 5.68. The van der Waals surface area contributed by atoms with Crippen molar-refractivity contribution < 1.29 is 18.7 Å². The van der Waals surface area contributed by atoms with Gasteiger partial charge in [-0.05, 0) is 61.2 Å². The molecule has 1 aromatic heterocycles. The van der Waals surface area contributed by atoms with Gasteiger partial charge in [-0.2, -0.15) is 5.10 Å². The van der Waals surface area contributed by atoms with Gasteiger partial charge in [0.05, 0.1) is 6.04 Å². The first-order chi connectivity index (χ1) is 16.1. The minimum Gasteiger partial charge on any atom is -0.486 e. The van der Waals surface area contributed by atoms with Gasteiger partial charge in [-0.25, -0.2) is 14.1 Å². The number of aromatic nitrogens is 3. The Bertz CT molecular complexity index is 1220. The van der Waals surface area contributed by atoms with Gasteiger partial charge < -0.3 is 14.4 Å². The molecule has 2 aromatic carbocycles. The molecule has 7 nitrogen and oxygen atoms in total. The SMILES string of the molecule is C[C@@H]1c2cc3c(cc2C2(CCCC2)CN1C(=O)c1ccc(-n2cncn2)c(F)c1)OCCO3. The highest BCUT2D eigenvalue weighted by Gasteiger charge is 2.46. The van der Waals surface area contributed by atoms with Crippen molar-refractivity contribution in [2.75, 3.05) is 19.8 Å². The molecule has 0 unspecified atom stereocenters. The number of hydrogen-bond donors (Lipinski definition) is 0. The van der Waals surface area contributed by atoms with Crippen molar-refractivity contribution >= 4 is 5.91 Å². The molecule has 3 aliphatic rings. The summed E-state index contributed by atoms with van der Waals surface area (Å²) in [5, 5.41) is 3.98. The van der Waals surface area contributed by atoms with E-state index in [1.54, 1.807) is 12.1 Å². The van der Waals surface area contributed by atoms with E-state index in [1.165, 1.54) is 29.0 Å². The predicted molar refractivity (Wildman–Crippen MR) is 118 cm³/mol. The first-order valence-corrected chi connectivity index (χ1v) is 11.5.